The first-order valence-electron chi connectivity index (χ1n) is 10.6. The quantitative estimate of drug-likeness (QED) is 0.671. The van der Waals surface area contributed by atoms with Gasteiger partial charge in [0, 0.05) is 18.5 Å². The number of ether oxygens (including phenoxy) is 2. The maximum atomic E-state index is 13.0. The molecule has 1 amide bonds. The normalized spacial score (nSPS) is 20.4. The van der Waals surface area contributed by atoms with Gasteiger partial charge in [-0.2, -0.15) is 4.72 Å². The molecule has 1 aromatic carbocycles. The minimum atomic E-state index is -3.89. The summed E-state index contributed by atoms with van der Waals surface area (Å²) >= 11 is 0. The number of sulfonamides is 1. The van der Waals surface area contributed by atoms with Gasteiger partial charge in [0.15, 0.2) is 11.5 Å². The third-order valence-corrected chi connectivity index (χ3v) is 7.27. The molecule has 29 heavy (non-hydrogen) atoms. The summed E-state index contributed by atoms with van der Waals surface area (Å²) in [6.45, 7) is 4.72. The third kappa shape index (κ3) is 4.86. The molecule has 160 valence electrons. The summed E-state index contributed by atoms with van der Waals surface area (Å²) in [6, 6.07) is 3.93. The van der Waals surface area contributed by atoms with E-state index in [1.807, 2.05) is 13.8 Å². The molecule has 1 unspecified atom stereocenters. The Hall–Kier alpha value is -1.80. The van der Waals surface area contributed by atoms with Gasteiger partial charge in [-0.1, -0.05) is 13.8 Å². The number of hydrogen-bond acceptors (Lipinski definition) is 5. The fourth-order valence-electron chi connectivity index (χ4n) is 3.82. The van der Waals surface area contributed by atoms with E-state index in [9.17, 15) is 13.2 Å². The lowest BCUT2D eigenvalue weighted by Gasteiger charge is -2.25. The number of benzene rings is 1. The van der Waals surface area contributed by atoms with Gasteiger partial charge < -0.3 is 14.8 Å². The largest absolute Gasteiger partial charge is 0.490 e. The predicted molar refractivity (Wildman–Crippen MR) is 108 cm³/mol. The van der Waals surface area contributed by atoms with E-state index >= 15 is 0 Å². The van der Waals surface area contributed by atoms with Crippen LogP contribution >= 0.6 is 0 Å². The number of hydrogen-bond donors (Lipinski definition) is 2. The van der Waals surface area contributed by atoms with E-state index in [1.165, 1.54) is 12.1 Å². The molecule has 0 spiro atoms. The van der Waals surface area contributed by atoms with Gasteiger partial charge in [0.2, 0.25) is 15.9 Å². The van der Waals surface area contributed by atoms with Crippen molar-refractivity contribution >= 4 is 15.9 Å². The smallest absolute Gasteiger partial charge is 0.241 e. The van der Waals surface area contributed by atoms with Gasteiger partial charge in [-0.25, -0.2) is 8.42 Å². The van der Waals surface area contributed by atoms with Crippen LogP contribution in [0.25, 0.3) is 0 Å². The fraction of sp³-hybridized carbons (Fsp3) is 0.667. The van der Waals surface area contributed by atoms with Crippen LogP contribution in [0.15, 0.2) is 23.1 Å². The summed E-state index contributed by atoms with van der Waals surface area (Å²) in [5.74, 6) is 1.65. The summed E-state index contributed by atoms with van der Waals surface area (Å²) in [4.78, 5) is 13.0. The van der Waals surface area contributed by atoms with Crippen molar-refractivity contribution in [3.63, 3.8) is 0 Å². The number of rotatable bonds is 8. The molecule has 0 aromatic heterocycles. The van der Waals surface area contributed by atoms with Crippen LogP contribution in [0.3, 0.4) is 0 Å². The first kappa shape index (κ1) is 20.5. The highest BCUT2D eigenvalue weighted by atomic mass is 32.2. The van der Waals surface area contributed by atoms with Crippen molar-refractivity contribution in [3.8, 4) is 11.5 Å². The highest BCUT2D eigenvalue weighted by molar-refractivity contribution is 7.89. The predicted octanol–water partition coefficient (Wildman–Crippen LogP) is 2.46. The minimum Gasteiger partial charge on any atom is -0.490 e. The Morgan fingerprint density at radius 3 is 2.24 bits per heavy atom. The molecule has 1 aromatic rings. The van der Waals surface area contributed by atoms with E-state index in [-0.39, 0.29) is 22.8 Å². The van der Waals surface area contributed by atoms with Crippen LogP contribution in [-0.2, 0) is 14.8 Å². The maximum absolute atomic E-state index is 13.0. The molecule has 2 aliphatic carbocycles. The first-order valence-corrected chi connectivity index (χ1v) is 12.1. The van der Waals surface area contributed by atoms with Gasteiger partial charge >= 0.3 is 0 Å². The molecule has 0 saturated heterocycles. The molecule has 0 bridgehead atoms. The van der Waals surface area contributed by atoms with Gasteiger partial charge in [0.25, 0.3) is 0 Å². The molecular formula is C21H30N2O5S. The van der Waals surface area contributed by atoms with E-state index in [1.54, 1.807) is 6.07 Å². The van der Waals surface area contributed by atoms with E-state index in [4.69, 9.17) is 9.47 Å². The Labute approximate surface area is 172 Å². The molecular weight excluding hydrogens is 392 g/mol. The van der Waals surface area contributed by atoms with Gasteiger partial charge in [-0.05, 0) is 55.6 Å². The third-order valence-electron chi connectivity index (χ3n) is 5.83. The van der Waals surface area contributed by atoms with Crippen molar-refractivity contribution in [3.05, 3.63) is 18.2 Å². The lowest BCUT2D eigenvalue weighted by Crippen LogP contribution is -2.52. The zero-order valence-corrected chi connectivity index (χ0v) is 17.8. The number of amides is 1. The minimum absolute atomic E-state index is 0.0705. The Balaban J connectivity index is 1.49. The van der Waals surface area contributed by atoms with Gasteiger partial charge in [-0.3, -0.25) is 4.79 Å². The molecule has 1 atom stereocenters. The van der Waals surface area contributed by atoms with Crippen LogP contribution < -0.4 is 19.5 Å². The van der Waals surface area contributed by atoms with Crippen molar-refractivity contribution < 1.29 is 22.7 Å². The summed E-state index contributed by atoms with van der Waals surface area (Å²) in [7, 11) is -3.89. The van der Waals surface area contributed by atoms with Gasteiger partial charge in [0.05, 0.1) is 18.1 Å². The number of nitrogens with one attached hydrogen (secondary N) is 2. The van der Waals surface area contributed by atoms with Crippen LogP contribution in [-0.4, -0.2) is 39.6 Å². The van der Waals surface area contributed by atoms with Gasteiger partial charge in [-0.15, -0.1) is 0 Å². The maximum Gasteiger partial charge on any atom is 0.241 e. The van der Waals surface area contributed by atoms with Crippen molar-refractivity contribution in [2.45, 2.75) is 62.9 Å². The van der Waals surface area contributed by atoms with Crippen molar-refractivity contribution in [1.29, 1.82) is 0 Å². The Kier molecular flexibility index (Phi) is 5.75. The van der Waals surface area contributed by atoms with E-state index < -0.39 is 16.1 Å². The summed E-state index contributed by atoms with van der Waals surface area (Å²) in [5.41, 5.74) is 0. The SMILES string of the molecule is CC(C)C(NS(=O)(=O)c1ccc2c(c1)OCCCO2)C(=O)NC(C1CC1)C1CC1. The van der Waals surface area contributed by atoms with E-state index in [0.29, 0.717) is 36.5 Å². The summed E-state index contributed by atoms with van der Waals surface area (Å²) in [5, 5.41) is 3.14. The second-order valence-corrected chi connectivity index (χ2v) is 10.4. The second-order valence-electron chi connectivity index (χ2n) is 8.71. The van der Waals surface area contributed by atoms with Crippen molar-refractivity contribution in [2.24, 2.45) is 17.8 Å². The van der Waals surface area contributed by atoms with Crippen molar-refractivity contribution in [2.75, 3.05) is 13.2 Å². The lowest BCUT2D eigenvalue weighted by molar-refractivity contribution is -0.124. The number of carbonyl (C=O) groups excluding carboxylic acids is 1. The molecule has 3 aliphatic rings. The first-order chi connectivity index (χ1) is 13.8. The number of carbonyl (C=O) groups is 1. The molecule has 1 heterocycles. The average Bonchev–Trinajstić information content (AvgIpc) is 3.57. The Bertz CT molecular complexity index is 850. The average molecular weight is 423 g/mol. The van der Waals surface area contributed by atoms with Crippen LogP contribution in [0.5, 0.6) is 11.5 Å². The Morgan fingerprint density at radius 2 is 1.66 bits per heavy atom. The summed E-state index contributed by atoms with van der Waals surface area (Å²) < 4.78 is 39.8. The van der Waals surface area contributed by atoms with Gasteiger partial charge in [0.1, 0.15) is 6.04 Å². The lowest BCUT2D eigenvalue weighted by atomic mass is 10.0. The molecule has 7 nitrogen and oxygen atoms in total. The zero-order valence-electron chi connectivity index (χ0n) is 17.0. The molecule has 4 rings (SSSR count). The van der Waals surface area contributed by atoms with E-state index in [0.717, 1.165) is 32.1 Å². The molecule has 2 N–H and O–H groups in total. The monoisotopic (exact) mass is 422 g/mol. The second kappa shape index (κ2) is 8.14. The van der Waals surface area contributed by atoms with E-state index in [2.05, 4.69) is 10.0 Å². The van der Waals surface area contributed by atoms with Crippen molar-refractivity contribution in [1.82, 2.24) is 10.0 Å². The molecule has 2 fully saturated rings. The summed E-state index contributed by atoms with van der Waals surface area (Å²) in [6.07, 6.45) is 5.34. The highest BCUT2D eigenvalue weighted by Gasteiger charge is 2.43. The molecule has 1 aliphatic heterocycles. The Morgan fingerprint density at radius 1 is 1.03 bits per heavy atom. The zero-order chi connectivity index (χ0) is 20.6. The number of fused-ring (bicyclic) bond motifs is 1. The molecule has 8 heteroatoms. The van der Waals surface area contributed by atoms with Crippen LogP contribution in [0, 0.1) is 17.8 Å². The van der Waals surface area contributed by atoms with Crippen LogP contribution in [0.2, 0.25) is 0 Å². The van der Waals surface area contributed by atoms with Crippen LogP contribution in [0.4, 0.5) is 0 Å². The standard InChI is InChI=1S/C21H30N2O5S/c1-13(2)19(21(24)22-20(14-4-5-14)15-6-7-15)23-29(25,26)16-8-9-17-18(12-16)28-11-3-10-27-17/h8-9,12-15,19-20,23H,3-7,10-11H2,1-2H3,(H,22,24). The highest BCUT2D eigenvalue weighted by Crippen LogP contribution is 2.44. The fourth-order valence-corrected chi connectivity index (χ4v) is 5.18. The topological polar surface area (TPSA) is 93.7 Å². The molecule has 2 saturated carbocycles. The van der Waals surface area contributed by atoms with Crippen LogP contribution in [0.1, 0.15) is 46.0 Å². The molecule has 0 radical (unpaired) electrons.